The number of ketones is 1. The van der Waals surface area contributed by atoms with Crippen molar-refractivity contribution in [1.82, 2.24) is 0 Å². The molecule has 4 saturated carbocycles. The first-order chi connectivity index (χ1) is 14.3. The summed E-state index contributed by atoms with van der Waals surface area (Å²) in [6.45, 7) is 20.2. The van der Waals surface area contributed by atoms with Crippen LogP contribution in [0.4, 0.5) is 0 Å². The van der Waals surface area contributed by atoms with Crippen molar-refractivity contribution in [1.29, 1.82) is 0 Å². The summed E-state index contributed by atoms with van der Waals surface area (Å²) in [5, 5.41) is 0. The number of fused-ring (bicyclic) bond motifs is 7. The van der Waals surface area contributed by atoms with E-state index in [0.717, 1.165) is 36.5 Å². The van der Waals surface area contributed by atoms with Crippen molar-refractivity contribution in [2.75, 3.05) is 0 Å². The van der Waals surface area contributed by atoms with Crippen molar-refractivity contribution in [3.8, 4) is 0 Å². The molecule has 0 N–H and O–H groups in total. The van der Waals surface area contributed by atoms with Crippen LogP contribution in [-0.2, 0) is 4.79 Å². The number of carbonyl (C=O) groups excluding carboxylic acids is 1. The molecule has 0 aromatic rings. The number of rotatable bonds is 0. The quantitative estimate of drug-likeness (QED) is 0.358. The maximum atomic E-state index is 12.9. The Bertz CT molecular complexity index is 820. The third kappa shape index (κ3) is 2.59. The average Bonchev–Trinajstić information content (AvgIpc) is 2.69. The van der Waals surface area contributed by atoms with Gasteiger partial charge in [0.25, 0.3) is 0 Å². The minimum Gasteiger partial charge on any atom is -0.299 e. The van der Waals surface area contributed by atoms with Gasteiger partial charge in [-0.2, -0.15) is 0 Å². The molecule has 4 fully saturated rings. The van der Waals surface area contributed by atoms with Crippen molar-refractivity contribution in [3.63, 3.8) is 0 Å². The summed E-state index contributed by atoms with van der Waals surface area (Å²) in [6.07, 6.45) is 14.1. The van der Waals surface area contributed by atoms with E-state index >= 15 is 0 Å². The van der Waals surface area contributed by atoms with Gasteiger partial charge in [-0.05, 0) is 110 Å². The van der Waals surface area contributed by atoms with Crippen LogP contribution < -0.4 is 0 Å². The third-order valence-electron chi connectivity index (χ3n) is 13.3. The van der Waals surface area contributed by atoms with Crippen LogP contribution in [0, 0.1) is 56.7 Å². The summed E-state index contributed by atoms with van der Waals surface area (Å²) in [7, 11) is 0. The molecule has 0 aliphatic heterocycles. The lowest BCUT2D eigenvalue weighted by atomic mass is 9.31. The lowest BCUT2D eigenvalue weighted by Gasteiger charge is -2.73. The summed E-state index contributed by atoms with van der Waals surface area (Å²) in [4.78, 5) is 12.9. The van der Waals surface area contributed by atoms with Crippen LogP contribution in [0.2, 0.25) is 0 Å². The second kappa shape index (κ2) is 6.50. The highest BCUT2D eigenvalue weighted by Gasteiger charge is 2.69. The molecule has 9 atom stereocenters. The van der Waals surface area contributed by atoms with E-state index in [1.54, 1.807) is 5.57 Å². The molecule has 0 heterocycles. The number of carbonyl (C=O) groups is 1. The molecule has 0 bridgehead atoms. The Labute approximate surface area is 192 Å². The molecular formula is C30H48O. The molecule has 0 radical (unpaired) electrons. The van der Waals surface area contributed by atoms with Crippen molar-refractivity contribution >= 4 is 5.78 Å². The highest BCUT2D eigenvalue weighted by molar-refractivity contribution is 5.85. The van der Waals surface area contributed by atoms with Crippen molar-refractivity contribution in [2.24, 2.45) is 56.7 Å². The van der Waals surface area contributed by atoms with Gasteiger partial charge in [0.2, 0.25) is 0 Å². The lowest BCUT2D eigenvalue weighted by Crippen LogP contribution is -2.66. The van der Waals surface area contributed by atoms with Crippen LogP contribution in [0.5, 0.6) is 0 Å². The smallest absolute Gasteiger partial charge is 0.138 e. The topological polar surface area (TPSA) is 17.1 Å². The van der Waals surface area contributed by atoms with Gasteiger partial charge in [0.1, 0.15) is 5.78 Å². The van der Waals surface area contributed by atoms with Crippen LogP contribution in [-0.4, -0.2) is 5.78 Å². The minimum absolute atomic E-state index is 0.128. The van der Waals surface area contributed by atoms with Crippen molar-refractivity contribution in [3.05, 3.63) is 11.6 Å². The SMILES string of the molecule is CC1=CC[C@]2(C)CC[C@]3(C)[C@H](CC[C@@H]4[C@@]5(C)CCC(=O)C(C)(C)[C@@H]5CC[C@]43C)[C@H]2[C@H]1C. The molecule has 0 aromatic carbocycles. The second-order valence-corrected chi connectivity index (χ2v) is 14.4. The summed E-state index contributed by atoms with van der Waals surface area (Å²) in [5.41, 5.74) is 3.25. The van der Waals surface area contributed by atoms with Gasteiger partial charge < -0.3 is 0 Å². The van der Waals surface area contributed by atoms with Gasteiger partial charge in [-0.3, -0.25) is 4.79 Å². The van der Waals surface area contributed by atoms with Crippen LogP contribution in [0.3, 0.4) is 0 Å². The zero-order valence-electron chi connectivity index (χ0n) is 21.7. The van der Waals surface area contributed by atoms with Crippen molar-refractivity contribution in [2.45, 2.75) is 113 Å². The monoisotopic (exact) mass is 424 g/mol. The number of hydrogen-bond donors (Lipinski definition) is 0. The highest BCUT2D eigenvalue weighted by atomic mass is 16.1. The predicted octanol–water partition coefficient (Wildman–Crippen LogP) is 8.23. The zero-order chi connectivity index (χ0) is 22.6. The van der Waals surface area contributed by atoms with Gasteiger partial charge in [0, 0.05) is 11.8 Å². The van der Waals surface area contributed by atoms with E-state index in [4.69, 9.17) is 0 Å². The Balaban J connectivity index is 1.55. The normalized spacial score (nSPS) is 55.9. The van der Waals surface area contributed by atoms with Gasteiger partial charge in [-0.15, -0.1) is 0 Å². The molecule has 0 saturated heterocycles. The molecule has 31 heavy (non-hydrogen) atoms. The van der Waals surface area contributed by atoms with E-state index < -0.39 is 0 Å². The maximum Gasteiger partial charge on any atom is 0.138 e. The number of Topliss-reactive ketones (excluding diaryl/α,β-unsaturated/α-hetero) is 1. The molecule has 0 spiro atoms. The molecule has 1 heteroatoms. The Morgan fingerprint density at radius 3 is 2.26 bits per heavy atom. The molecule has 0 amide bonds. The lowest BCUT2D eigenvalue weighted by molar-refractivity contribution is -0.237. The Kier molecular flexibility index (Phi) is 4.66. The van der Waals surface area contributed by atoms with E-state index in [0.29, 0.717) is 33.4 Å². The predicted molar refractivity (Wildman–Crippen MR) is 130 cm³/mol. The fourth-order valence-electron chi connectivity index (χ4n) is 11.1. The fourth-order valence-corrected chi connectivity index (χ4v) is 11.1. The molecule has 174 valence electrons. The molecule has 5 rings (SSSR count). The standard InChI is InChI=1S/C30H48O/c1-19-11-14-27(5)17-18-29(7)21(25(27)20(19)2)9-10-23-28(6)15-13-24(31)26(3,4)22(28)12-16-30(23,29)8/h11,20-23,25H,9-10,12-18H2,1-8H3/t20-,21+,22-,23+,25+,27+,28-,29+,30+/m0/s1. The summed E-state index contributed by atoms with van der Waals surface area (Å²) >= 11 is 0. The van der Waals surface area contributed by atoms with E-state index in [1.165, 1.54) is 44.9 Å². The first kappa shape index (κ1) is 22.2. The number of allylic oxidation sites excluding steroid dienone is 2. The molecular weight excluding hydrogens is 376 g/mol. The van der Waals surface area contributed by atoms with E-state index in [-0.39, 0.29) is 5.41 Å². The third-order valence-corrected chi connectivity index (χ3v) is 13.3. The molecule has 1 nitrogen and oxygen atoms in total. The van der Waals surface area contributed by atoms with E-state index in [2.05, 4.69) is 61.5 Å². The summed E-state index contributed by atoms with van der Waals surface area (Å²) < 4.78 is 0. The molecule has 0 unspecified atom stereocenters. The first-order valence-electron chi connectivity index (χ1n) is 13.5. The maximum absolute atomic E-state index is 12.9. The highest BCUT2D eigenvalue weighted by Crippen LogP contribution is 2.76. The van der Waals surface area contributed by atoms with Gasteiger partial charge in [0.05, 0.1) is 0 Å². The Morgan fingerprint density at radius 2 is 1.55 bits per heavy atom. The second-order valence-electron chi connectivity index (χ2n) is 14.4. The van der Waals surface area contributed by atoms with Gasteiger partial charge in [0.15, 0.2) is 0 Å². The average molecular weight is 425 g/mol. The van der Waals surface area contributed by atoms with Gasteiger partial charge >= 0.3 is 0 Å². The number of hydrogen-bond acceptors (Lipinski definition) is 1. The van der Waals surface area contributed by atoms with Crippen LogP contribution in [0.15, 0.2) is 11.6 Å². The summed E-state index contributed by atoms with van der Waals surface area (Å²) in [6, 6.07) is 0. The molecule has 0 aromatic heterocycles. The van der Waals surface area contributed by atoms with Crippen LogP contribution in [0.1, 0.15) is 113 Å². The summed E-state index contributed by atoms with van der Waals surface area (Å²) in [5.74, 6) is 4.35. The van der Waals surface area contributed by atoms with Gasteiger partial charge in [-0.1, -0.05) is 60.1 Å². The fraction of sp³-hybridized carbons (Fsp3) is 0.900. The van der Waals surface area contributed by atoms with Crippen LogP contribution in [0.25, 0.3) is 0 Å². The minimum atomic E-state index is -0.128. The zero-order valence-corrected chi connectivity index (χ0v) is 21.7. The van der Waals surface area contributed by atoms with Crippen molar-refractivity contribution < 1.29 is 4.79 Å². The Hall–Kier alpha value is -0.590. The Morgan fingerprint density at radius 1 is 0.839 bits per heavy atom. The van der Waals surface area contributed by atoms with Gasteiger partial charge in [-0.25, -0.2) is 0 Å². The largest absolute Gasteiger partial charge is 0.299 e. The first-order valence-corrected chi connectivity index (χ1v) is 13.5. The van der Waals surface area contributed by atoms with E-state index in [1.807, 2.05) is 0 Å². The van der Waals surface area contributed by atoms with E-state index in [9.17, 15) is 4.79 Å². The molecule has 5 aliphatic carbocycles. The molecule has 5 aliphatic rings. The van der Waals surface area contributed by atoms with Crippen LogP contribution >= 0.6 is 0 Å².